The molecule has 1 fully saturated rings. The van der Waals surface area contributed by atoms with Crippen molar-refractivity contribution in [2.45, 2.75) is 19.9 Å². The fourth-order valence-corrected chi connectivity index (χ4v) is 1.81. The molecule has 88 valence electrons. The Hall–Kier alpha value is -1.36. The molecule has 1 aromatic heterocycles. The van der Waals surface area contributed by atoms with Gasteiger partial charge in [-0.25, -0.2) is 4.98 Å². The molecule has 5 heteroatoms. The Morgan fingerprint density at radius 2 is 2.06 bits per heavy atom. The third-order valence-electron chi connectivity index (χ3n) is 2.72. The van der Waals surface area contributed by atoms with Crippen molar-refractivity contribution in [2.24, 2.45) is 0 Å². The quantitative estimate of drug-likeness (QED) is 0.739. The summed E-state index contributed by atoms with van der Waals surface area (Å²) in [5.41, 5.74) is -0.0144. The van der Waals surface area contributed by atoms with Crippen LogP contribution < -0.4 is 10.5 Å². The molecule has 0 aliphatic carbocycles. The van der Waals surface area contributed by atoms with Crippen LogP contribution in [0, 0.1) is 0 Å². The predicted molar refractivity (Wildman–Crippen MR) is 61.9 cm³/mol. The molecule has 1 aliphatic rings. The lowest BCUT2D eigenvalue weighted by Gasteiger charge is -2.27. The Morgan fingerprint density at radius 3 is 2.69 bits per heavy atom. The molecule has 2 rings (SSSR count). The molecule has 0 unspecified atom stereocenters. The second-order valence-corrected chi connectivity index (χ2v) is 4.16. The minimum absolute atomic E-state index is 0.0144. The van der Waals surface area contributed by atoms with Gasteiger partial charge in [0.05, 0.1) is 13.2 Å². The summed E-state index contributed by atoms with van der Waals surface area (Å²) in [5.74, 6) is 0.541. The van der Waals surface area contributed by atoms with E-state index in [9.17, 15) is 4.79 Å². The summed E-state index contributed by atoms with van der Waals surface area (Å²) >= 11 is 0. The molecule has 0 bridgehead atoms. The first-order valence-corrected chi connectivity index (χ1v) is 5.60. The van der Waals surface area contributed by atoms with Crippen molar-refractivity contribution in [1.82, 2.24) is 9.55 Å². The summed E-state index contributed by atoms with van der Waals surface area (Å²) in [7, 11) is 0. The Balaban J connectivity index is 2.33. The summed E-state index contributed by atoms with van der Waals surface area (Å²) in [5, 5.41) is 0. The molecule has 5 nitrogen and oxygen atoms in total. The van der Waals surface area contributed by atoms with Crippen LogP contribution in [-0.2, 0) is 4.74 Å². The van der Waals surface area contributed by atoms with Crippen molar-refractivity contribution >= 4 is 5.82 Å². The van der Waals surface area contributed by atoms with E-state index in [1.165, 1.54) is 0 Å². The van der Waals surface area contributed by atoms with Gasteiger partial charge < -0.3 is 14.2 Å². The van der Waals surface area contributed by atoms with E-state index in [1.807, 2.05) is 18.7 Å². The third-order valence-corrected chi connectivity index (χ3v) is 2.72. The van der Waals surface area contributed by atoms with E-state index in [1.54, 1.807) is 17.0 Å². The highest BCUT2D eigenvalue weighted by atomic mass is 16.5. The summed E-state index contributed by atoms with van der Waals surface area (Å²) in [6.07, 6.45) is 3.42. The Labute approximate surface area is 94.7 Å². The molecule has 0 amide bonds. The maximum Gasteiger partial charge on any atom is 0.293 e. The number of hydrogen-bond acceptors (Lipinski definition) is 4. The van der Waals surface area contributed by atoms with Crippen LogP contribution in [-0.4, -0.2) is 35.9 Å². The van der Waals surface area contributed by atoms with E-state index in [0.29, 0.717) is 19.0 Å². The summed E-state index contributed by atoms with van der Waals surface area (Å²) in [4.78, 5) is 18.3. The Morgan fingerprint density at radius 1 is 1.38 bits per heavy atom. The van der Waals surface area contributed by atoms with Gasteiger partial charge in [0.25, 0.3) is 5.56 Å². The lowest BCUT2D eigenvalue weighted by molar-refractivity contribution is 0.122. The average Bonchev–Trinajstić information content (AvgIpc) is 2.30. The first kappa shape index (κ1) is 11.1. The second-order valence-electron chi connectivity index (χ2n) is 4.16. The van der Waals surface area contributed by atoms with Gasteiger partial charge in [-0.15, -0.1) is 0 Å². The molecular formula is C11H17N3O2. The third kappa shape index (κ3) is 2.09. The summed E-state index contributed by atoms with van der Waals surface area (Å²) in [6, 6.07) is 0.162. The fraction of sp³-hybridized carbons (Fsp3) is 0.636. The van der Waals surface area contributed by atoms with Gasteiger partial charge in [-0.1, -0.05) is 0 Å². The number of rotatable bonds is 2. The van der Waals surface area contributed by atoms with E-state index < -0.39 is 0 Å². The van der Waals surface area contributed by atoms with Crippen LogP contribution in [0.1, 0.15) is 19.9 Å². The van der Waals surface area contributed by atoms with Gasteiger partial charge in [0.15, 0.2) is 5.82 Å². The highest BCUT2D eigenvalue weighted by Gasteiger charge is 2.17. The molecule has 1 aromatic rings. The molecule has 16 heavy (non-hydrogen) atoms. The van der Waals surface area contributed by atoms with Gasteiger partial charge in [0, 0.05) is 31.5 Å². The predicted octanol–water partition coefficient (Wildman–Crippen LogP) is 0.661. The van der Waals surface area contributed by atoms with Crippen molar-refractivity contribution in [3.63, 3.8) is 0 Å². The standard InChI is InChI=1S/C11H17N3O2/c1-9(2)14-4-3-12-10(11(14)15)13-5-7-16-8-6-13/h3-4,9H,5-8H2,1-2H3. The van der Waals surface area contributed by atoms with Crippen LogP contribution in [0.4, 0.5) is 5.82 Å². The Bertz CT molecular complexity index is 408. The minimum atomic E-state index is -0.0144. The van der Waals surface area contributed by atoms with E-state index in [4.69, 9.17) is 4.74 Å². The molecule has 1 aliphatic heterocycles. The first-order valence-electron chi connectivity index (χ1n) is 5.60. The molecule has 1 saturated heterocycles. The topological polar surface area (TPSA) is 47.4 Å². The van der Waals surface area contributed by atoms with Gasteiger partial charge in [-0.2, -0.15) is 0 Å². The van der Waals surface area contributed by atoms with Gasteiger partial charge in [-0.3, -0.25) is 4.79 Å². The molecule has 0 atom stereocenters. The zero-order chi connectivity index (χ0) is 11.5. The van der Waals surface area contributed by atoms with E-state index in [-0.39, 0.29) is 11.6 Å². The van der Waals surface area contributed by atoms with Crippen molar-refractivity contribution in [3.05, 3.63) is 22.7 Å². The van der Waals surface area contributed by atoms with E-state index >= 15 is 0 Å². The molecule has 0 N–H and O–H groups in total. The summed E-state index contributed by atoms with van der Waals surface area (Å²) in [6.45, 7) is 6.79. The highest BCUT2D eigenvalue weighted by Crippen LogP contribution is 2.08. The molecule has 0 aromatic carbocycles. The first-order chi connectivity index (χ1) is 7.70. The van der Waals surface area contributed by atoms with Crippen molar-refractivity contribution in [1.29, 1.82) is 0 Å². The van der Waals surface area contributed by atoms with Crippen molar-refractivity contribution < 1.29 is 4.74 Å². The zero-order valence-electron chi connectivity index (χ0n) is 9.72. The number of morpholine rings is 1. The second kappa shape index (κ2) is 4.65. The van der Waals surface area contributed by atoms with Gasteiger partial charge in [-0.05, 0) is 13.8 Å². The van der Waals surface area contributed by atoms with Crippen LogP contribution in [0.2, 0.25) is 0 Å². The molecular weight excluding hydrogens is 206 g/mol. The average molecular weight is 223 g/mol. The zero-order valence-corrected chi connectivity index (χ0v) is 9.72. The van der Waals surface area contributed by atoms with Gasteiger partial charge in [0.1, 0.15) is 0 Å². The minimum Gasteiger partial charge on any atom is -0.378 e. The number of ether oxygens (including phenoxy) is 1. The molecule has 0 radical (unpaired) electrons. The molecule has 2 heterocycles. The number of nitrogens with zero attached hydrogens (tertiary/aromatic N) is 3. The van der Waals surface area contributed by atoms with Crippen molar-refractivity contribution in [2.75, 3.05) is 31.2 Å². The number of aromatic nitrogens is 2. The SMILES string of the molecule is CC(C)n1ccnc(N2CCOCC2)c1=O. The normalized spacial score (nSPS) is 16.8. The summed E-state index contributed by atoms with van der Waals surface area (Å²) < 4.78 is 6.97. The van der Waals surface area contributed by atoms with Gasteiger partial charge >= 0.3 is 0 Å². The number of hydrogen-bond donors (Lipinski definition) is 0. The Kier molecular flexibility index (Phi) is 3.24. The lowest BCUT2D eigenvalue weighted by atomic mass is 10.3. The number of anilines is 1. The largest absolute Gasteiger partial charge is 0.378 e. The van der Waals surface area contributed by atoms with Crippen LogP contribution in [0.25, 0.3) is 0 Å². The van der Waals surface area contributed by atoms with E-state index in [2.05, 4.69) is 4.98 Å². The van der Waals surface area contributed by atoms with Crippen LogP contribution >= 0.6 is 0 Å². The van der Waals surface area contributed by atoms with Crippen LogP contribution in [0.15, 0.2) is 17.2 Å². The smallest absolute Gasteiger partial charge is 0.293 e. The van der Waals surface area contributed by atoms with Crippen LogP contribution in [0.3, 0.4) is 0 Å². The lowest BCUT2D eigenvalue weighted by Crippen LogP contribution is -2.41. The maximum absolute atomic E-state index is 12.1. The van der Waals surface area contributed by atoms with Gasteiger partial charge in [0.2, 0.25) is 0 Å². The van der Waals surface area contributed by atoms with Crippen LogP contribution in [0.5, 0.6) is 0 Å². The maximum atomic E-state index is 12.1. The monoisotopic (exact) mass is 223 g/mol. The highest BCUT2D eigenvalue weighted by molar-refractivity contribution is 5.36. The van der Waals surface area contributed by atoms with Crippen molar-refractivity contribution in [3.8, 4) is 0 Å². The molecule has 0 spiro atoms. The fourth-order valence-electron chi connectivity index (χ4n) is 1.81. The molecule has 0 saturated carbocycles. The van der Waals surface area contributed by atoms with E-state index in [0.717, 1.165) is 13.1 Å².